The Morgan fingerprint density at radius 2 is 2.00 bits per heavy atom. The molecule has 34 heavy (non-hydrogen) atoms. The third-order valence-electron chi connectivity index (χ3n) is 5.00. The molecular formula is C21H18Cl2FN5O4S. The van der Waals surface area contributed by atoms with Crippen molar-refractivity contribution >= 4 is 55.7 Å². The van der Waals surface area contributed by atoms with Crippen LogP contribution in [0.15, 0.2) is 45.9 Å². The Kier molecular flexibility index (Phi) is 6.52. The van der Waals surface area contributed by atoms with Gasteiger partial charge >= 0.3 is 0 Å². The summed E-state index contributed by atoms with van der Waals surface area (Å²) >= 11 is 12.2. The molecule has 0 bridgehead atoms. The molecule has 0 saturated carbocycles. The second-order valence-electron chi connectivity index (χ2n) is 7.32. The second kappa shape index (κ2) is 9.24. The van der Waals surface area contributed by atoms with Crippen LogP contribution in [-0.2, 0) is 23.0 Å². The number of anilines is 1. The highest BCUT2D eigenvalue weighted by atomic mass is 35.5. The lowest BCUT2D eigenvalue weighted by atomic mass is 10.2. The third kappa shape index (κ3) is 4.46. The highest BCUT2D eigenvalue weighted by Gasteiger charge is 2.27. The molecule has 2 aromatic carbocycles. The average molecular weight is 526 g/mol. The summed E-state index contributed by atoms with van der Waals surface area (Å²) in [6.45, 7) is 1.79. The Morgan fingerprint density at radius 3 is 2.71 bits per heavy atom. The Labute approximate surface area is 203 Å². The molecule has 2 heterocycles. The number of amides is 1. The number of nitrogens with one attached hydrogen (secondary N) is 2. The van der Waals surface area contributed by atoms with E-state index in [1.807, 2.05) is 6.92 Å². The monoisotopic (exact) mass is 525 g/mol. The van der Waals surface area contributed by atoms with Crippen molar-refractivity contribution in [2.45, 2.75) is 24.8 Å². The lowest BCUT2D eigenvalue weighted by Gasteiger charge is -2.17. The van der Waals surface area contributed by atoms with Gasteiger partial charge in [0, 0.05) is 25.1 Å². The zero-order chi connectivity index (χ0) is 24.6. The minimum atomic E-state index is -4.42. The molecular weight excluding hydrogens is 508 g/mol. The van der Waals surface area contributed by atoms with E-state index < -0.39 is 32.2 Å². The number of benzene rings is 2. The molecule has 178 valence electrons. The van der Waals surface area contributed by atoms with Gasteiger partial charge in [0.15, 0.2) is 11.6 Å². The van der Waals surface area contributed by atoms with Crippen molar-refractivity contribution in [3.63, 3.8) is 0 Å². The van der Waals surface area contributed by atoms with Crippen molar-refractivity contribution in [1.29, 1.82) is 0 Å². The molecule has 2 N–H and O–H groups in total. The van der Waals surface area contributed by atoms with Gasteiger partial charge in [-0.2, -0.15) is 4.98 Å². The SMILES string of the molecule is CCc1nc(CN(C)C(=O)c2cccc(S(=O)(=O)Nc3ccc(Cl)c4c(Cl)c[nH]c34)c2F)no1. The zero-order valence-corrected chi connectivity index (χ0v) is 20.2. The number of halogens is 3. The molecule has 0 saturated heterocycles. The minimum absolute atomic E-state index is 0.0483. The first-order valence-electron chi connectivity index (χ1n) is 9.95. The fourth-order valence-electron chi connectivity index (χ4n) is 3.32. The Bertz CT molecular complexity index is 1500. The van der Waals surface area contributed by atoms with Gasteiger partial charge in [-0.1, -0.05) is 41.3 Å². The number of rotatable bonds is 7. The number of H-pyrrole nitrogens is 1. The van der Waals surface area contributed by atoms with E-state index in [1.54, 1.807) is 0 Å². The van der Waals surface area contributed by atoms with Gasteiger partial charge in [-0.15, -0.1) is 0 Å². The molecule has 2 aromatic heterocycles. The van der Waals surface area contributed by atoms with E-state index in [0.29, 0.717) is 33.3 Å². The number of nitrogens with zero attached hydrogens (tertiary/aromatic N) is 3. The number of aromatic amines is 1. The molecule has 0 radical (unpaired) electrons. The number of aryl methyl sites for hydroxylation is 1. The zero-order valence-electron chi connectivity index (χ0n) is 17.9. The summed E-state index contributed by atoms with van der Waals surface area (Å²) in [5.41, 5.74) is 0.0251. The summed E-state index contributed by atoms with van der Waals surface area (Å²) in [6.07, 6.45) is 1.99. The van der Waals surface area contributed by atoms with Gasteiger partial charge in [0.05, 0.1) is 33.4 Å². The maximum absolute atomic E-state index is 15.3. The lowest BCUT2D eigenvalue weighted by molar-refractivity contribution is 0.0775. The van der Waals surface area contributed by atoms with Crippen LogP contribution in [0.4, 0.5) is 10.1 Å². The molecule has 4 rings (SSSR count). The smallest absolute Gasteiger partial charge is 0.264 e. The van der Waals surface area contributed by atoms with Gasteiger partial charge in [0.1, 0.15) is 4.90 Å². The van der Waals surface area contributed by atoms with Gasteiger partial charge in [-0.05, 0) is 24.3 Å². The summed E-state index contributed by atoms with van der Waals surface area (Å²) in [5.74, 6) is -1.29. The fourth-order valence-corrected chi connectivity index (χ4v) is 5.06. The average Bonchev–Trinajstić information content (AvgIpc) is 3.42. The molecule has 13 heteroatoms. The maximum Gasteiger partial charge on any atom is 0.264 e. The van der Waals surface area contributed by atoms with Crippen LogP contribution < -0.4 is 4.72 Å². The van der Waals surface area contributed by atoms with Crippen LogP contribution in [0.25, 0.3) is 10.9 Å². The Hall–Kier alpha value is -3.15. The number of hydrogen-bond donors (Lipinski definition) is 2. The van der Waals surface area contributed by atoms with Crippen molar-refractivity contribution in [2.75, 3.05) is 11.8 Å². The van der Waals surface area contributed by atoms with E-state index in [0.717, 1.165) is 11.0 Å². The first kappa shape index (κ1) is 24.0. The molecule has 0 fully saturated rings. The highest BCUT2D eigenvalue weighted by molar-refractivity contribution is 7.92. The molecule has 0 aliphatic rings. The number of sulfonamides is 1. The second-order valence-corrected chi connectivity index (χ2v) is 9.79. The molecule has 0 atom stereocenters. The molecule has 9 nitrogen and oxygen atoms in total. The first-order valence-corrected chi connectivity index (χ1v) is 12.2. The molecule has 0 aliphatic heterocycles. The molecule has 0 spiro atoms. The summed E-state index contributed by atoms with van der Waals surface area (Å²) in [6, 6.07) is 6.44. The van der Waals surface area contributed by atoms with E-state index in [4.69, 9.17) is 27.7 Å². The highest BCUT2D eigenvalue weighted by Crippen LogP contribution is 2.35. The minimum Gasteiger partial charge on any atom is -0.358 e. The van der Waals surface area contributed by atoms with Crippen molar-refractivity contribution in [2.24, 2.45) is 0 Å². The fraction of sp³-hybridized carbons (Fsp3) is 0.190. The van der Waals surface area contributed by atoms with Crippen LogP contribution in [0.5, 0.6) is 0 Å². The lowest BCUT2D eigenvalue weighted by Crippen LogP contribution is -2.28. The molecule has 0 unspecified atom stereocenters. The van der Waals surface area contributed by atoms with Crippen LogP contribution in [0.2, 0.25) is 10.0 Å². The number of fused-ring (bicyclic) bond motifs is 1. The molecule has 1 amide bonds. The van der Waals surface area contributed by atoms with Gasteiger partial charge in [0.25, 0.3) is 15.9 Å². The van der Waals surface area contributed by atoms with Crippen molar-refractivity contribution in [3.8, 4) is 0 Å². The normalized spacial score (nSPS) is 11.7. The van der Waals surface area contributed by atoms with Crippen molar-refractivity contribution in [1.82, 2.24) is 20.0 Å². The van der Waals surface area contributed by atoms with Crippen molar-refractivity contribution in [3.05, 3.63) is 69.7 Å². The standard InChI is InChI=1S/C21H18Cl2FN5O4S/c1-3-17-26-16(27-33-17)10-29(2)21(30)11-5-4-6-15(19(11)24)34(31,32)28-14-8-7-12(22)18-13(23)9-25-20(14)18/h4-9,25,28H,3,10H2,1-2H3. The van der Waals surface area contributed by atoms with Crippen LogP contribution in [0, 0.1) is 5.82 Å². The third-order valence-corrected chi connectivity index (χ3v) is 7.00. The van der Waals surface area contributed by atoms with E-state index >= 15 is 4.39 Å². The number of carbonyl (C=O) groups excluding carboxylic acids is 1. The van der Waals surface area contributed by atoms with Crippen LogP contribution >= 0.6 is 23.2 Å². The summed E-state index contributed by atoms with van der Waals surface area (Å²) in [5, 5.41) is 4.80. The molecule has 0 aliphatic carbocycles. The Morgan fingerprint density at radius 1 is 1.24 bits per heavy atom. The van der Waals surface area contributed by atoms with Crippen LogP contribution in [0.1, 0.15) is 29.0 Å². The maximum atomic E-state index is 15.3. The van der Waals surface area contributed by atoms with Gasteiger partial charge < -0.3 is 14.4 Å². The first-order chi connectivity index (χ1) is 16.1. The predicted octanol–water partition coefficient (Wildman–Crippen LogP) is 4.63. The summed E-state index contributed by atoms with van der Waals surface area (Å²) in [7, 11) is -3.00. The topological polar surface area (TPSA) is 121 Å². The quantitative estimate of drug-likeness (QED) is 0.362. The van der Waals surface area contributed by atoms with E-state index in [-0.39, 0.29) is 18.1 Å². The van der Waals surface area contributed by atoms with E-state index in [9.17, 15) is 13.2 Å². The van der Waals surface area contributed by atoms with Gasteiger partial charge in [0.2, 0.25) is 5.89 Å². The summed E-state index contributed by atoms with van der Waals surface area (Å²) in [4.78, 5) is 20.3. The van der Waals surface area contributed by atoms with Gasteiger partial charge in [-0.3, -0.25) is 9.52 Å². The van der Waals surface area contributed by atoms with E-state index in [1.165, 1.54) is 37.5 Å². The summed E-state index contributed by atoms with van der Waals surface area (Å²) < 4.78 is 48.7. The van der Waals surface area contributed by atoms with E-state index in [2.05, 4.69) is 19.8 Å². The van der Waals surface area contributed by atoms with Gasteiger partial charge in [-0.25, -0.2) is 12.8 Å². The Balaban J connectivity index is 1.63. The number of aromatic nitrogens is 3. The predicted molar refractivity (Wildman–Crippen MR) is 125 cm³/mol. The van der Waals surface area contributed by atoms with Crippen molar-refractivity contribution < 1.29 is 22.1 Å². The number of carbonyl (C=O) groups is 1. The van der Waals surface area contributed by atoms with Crippen LogP contribution in [-0.4, -0.2) is 41.4 Å². The number of hydrogen-bond acceptors (Lipinski definition) is 6. The van der Waals surface area contributed by atoms with Crippen LogP contribution in [0.3, 0.4) is 0 Å². The molecule has 4 aromatic rings. The largest absolute Gasteiger partial charge is 0.358 e.